The summed E-state index contributed by atoms with van der Waals surface area (Å²) < 4.78 is 6.32. The molecule has 0 amide bonds. The van der Waals surface area contributed by atoms with E-state index in [4.69, 9.17) is 16.6 Å². The first-order chi connectivity index (χ1) is 10.2. The Morgan fingerprint density at radius 2 is 2.14 bits per heavy atom. The van der Waals surface area contributed by atoms with E-state index in [1.807, 2.05) is 24.1 Å². The van der Waals surface area contributed by atoms with Crippen LogP contribution in [0.4, 0.5) is 0 Å². The van der Waals surface area contributed by atoms with E-state index in [1.54, 1.807) is 6.20 Å². The number of hydrogen-bond donors (Lipinski definition) is 0. The minimum absolute atomic E-state index is 0.573. The number of aromatic nitrogens is 6. The predicted molar refractivity (Wildman–Crippen MR) is 82.6 cm³/mol. The molecule has 0 aliphatic heterocycles. The van der Waals surface area contributed by atoms with Crippen molar-refractivity contribution in [2.45, 2.75) is 39.9 Å². The molecule has 0 bridgehead atoms. The number of aryl methyl sites for hydroxylation is 5. The zero-order valence-corrected chi connectivity index (χ0v) is 13.1. The van der Waals surface area contributed by atoms with Gasteiger partial charge in [-0.25, -0.2) is 14.6 Å². The molecule has 0 fully saturated rings. The summed E-state index contributed by atoms with van der Waals surface area (Å²) in [7, 11) is 0. The fraction of sp³-hybridized carbons (Fsp3) is 0.500. The monoisotopic (exact) mass is 306 g/mol. The van der Waals surface area contributed by atoms with Crippen LogP contribution in [0.2, 0.25) is 0 Å². The third-order valence-corrected chi connectivity index (χ3v) is 3.83. The summed E-state index contributed by atoms with van der Waals surface area (Å²) in [5.41, 5.74) is 3.06. The SMILES string of the molecule is CCn1nc(C)c2nc(CCCl)n(CCn3ccnc3)c21. The minimum atomic E-state index is 0.573. The lowest BCUT2D eigenvalue weighted by Gasteiger charge is -2.10. The molecule has 0 spiro atoms. The Balaban J connectivity index is 2.01. The molecule has 0 N–H and O–H groups in total. The minimum Gasteiger partial charge on any atom is -0.336 e. The van der Waals surface area contributed by atoms with E-state index in [0.717, 1.165) is 48.7 Å². The van der Waals surface area contributed by atoms with Crippen molar-refractivity contribution in [1.29, 1.82) is 0 Å². The van der Waals surface area contributed by atoms with Gasteiger partial charge in [-0.05, 0) is 13.8 Å². The van der Waals surface area contributed by atoms with E-state index in [9.17, 15) is 0 Å². The zero-order chi connectivity index (χ0) is 14.8. The highest BCUT2D eigenvalue weighted by Crippen LogP contribution is 2.20. The quantitative estimate of drug-likeness (QED) is 0.656. The Labute approximate surface area is 128 Å². The maximum absolute atomic E-state index is 5.92. The summed E-state index contributed by atoms with van der Waals surface area (Å²) in [5, 5.41) is 4.56. The Bertz CT molecular complexity index is 724. The second-order valence-electron chi connectivity index (χ2n) is 4.99. The van der Waals surface area contributed by atoms with E-state index in [1.165, 1.54) is 0 Å². The molecule has 0 aliphatic rings. The second-order valence-corrected chi connectivity index (χ2v) is 5.37. The van der Waals surface area contributed by atoms with Crippen LogP contribution in [0.15, 0.2) is 18.7 Å². The van der Waals surface area contributed by atoms with Gasteiger partial charge in [-0.3, -0.25) is 0 Å². The number of rotatable bonds is 6. The van der Waals surface area contributed by atoms with Crippen molar-refractivity contribution in [1.82, 2.24) is 28.9 Å². The van der Waals surface area contributed by atoms with Gasteiger partial charge in [0.25, 0.3) is 0 Å². The molecule has 3 aromatic heterocycles. The first kappa shape index (κ1) is 14.1. The van der Waals surface area contributed by atoms with Crippen molar-refractivity contribution in [3.8, 4) is 0 Å². The Kier molecular flexibility index (Phi) is 3.96. The van der Waals surface area contributed by atoms with Crippen LogP contribution >= 0.6 is 11.6 Å². The summed E-state index contributed by atoms with van der Waals surface area (Å²) in [5.74, 6) is 1.60. The third-order valence-electron chi connectivity index (χ3n) is 3.64. The highest BCUT2D eigenvalue weighted by atomic mass is 35.5. The highest BCUT2D eigenvalue weighted by Gasteiger charge is 2.17. The lowest BCUT2D eigenvalue weighted by Crippen LogP contribution is -2.13. The van der Waals surface area contributed by atoms with Crippen LogP contribution < -0.4 is 0 Å². The number of alkyl halides is 1. The van der Waals surface area contributed by atoms with Crippen LogP contribution in [0.25, 0.3) is 11.2 Å². The number of halogens is 1. The molecular weight excluding hydrogens is 288 g/mol. The second kappa shape index (κ2) is 5.89. The van der Waals surface area contributed by atoms with Crippen LogP contribution in [-0.2, 0) is 26.1 Å². The molecule has 3 heterocycles. The van der Waals surface area contributed by atoms with Crippen LogP contribution in [0.1, 0.15) is 18.4 Å². The molecule has 6 nitrogen and oxygen atoms in total. The van der Waals surface area contributed by atoms with Crippen LogP contribution in [0.5, 0.6) is 0 Å². The number of fused-ring (bicyclic) bond motifs is 1. The maximum atomic E-state index is 5.92. The average Bonchev–Trinajstić information content (AvgIpc) is 3.16. The van der Waals surface area contributed by atoms with Gasteiger partial charge in [0.05, 0.1) is 12.0 Å². The van der Waals surface area contributed by atoms with Gasteiger partial charge in [-0.15, -0.1) is 11.6 Å². The molecule has 0 aromatic carbocycles. The first-order valence-electron chi connectivity index (χ1n) is 7.18. The van der Waals surface area contributed by atoms with Crippen LogP contribution in [-0.4, -0.2) is 34.8 Å². The zero-order valence-electron chi connectivity index (χ0n) is 12.3. The fourth-order valence-electron chi connectivity index (χ4n) is 2.63. The topological polar surface area (TPSA) is 53.5 Å². The Morgan fingerprint density at radius 1 is 1.29 bits per heavy atom. The molecular formula is C14H19ClN6. The largest absolute Gasteiger partial charge is 0.336 e. The van der Waals surface area contributed by atoms with E-state index < -0.39 is 0 Å². The van der Waals surface area contributed by atoms with Crippen molar-refractivity contribution in [2.75, 3.05) is 5.88 Å². The van der Waals surface area contributed by atoms with Gasteiger partial charge < -0.3 is 9.13 Å². The molecule has 0 saturated carbocycles. The van der Waals surface area contributed by atoms with Crippen molar-refractivity contribution in [2.24, 2.45) is 0 Å². The van der Waals surface area contributed by atoms with Gasteiger partial charge >= 0.3 is 0 Å². The highest BCUT2D eigenvalue weighted by molar-refractivity contribution is 6.17. The molecule has 0 radical (unpaired) electrons. The molecule has 3 aromatic rings. The van der Waals surface area contributed by atoms with Gasteiger partial charge in [-0.2, -0.15) is 5.10 Å². The van der Waals surface area contributed by atoms with Gasteiger partial charge in [-0.1, -0.05) is 0 Å². The lowest BCUT2D eigenvalue weighted by molar-refractivity contribution is 0.551. The summed E-state index contributed by atoms with van der Waals surface area (Å²) >= 11 is 5.92. The third kappa shape index (κ3) is 2.55. The molecule has 0 unspecified atom stereocenters. The Hall–Kier alpha value is -1.82. The van der Waals surface area contributed by atoms with Crippen molar-refractivity contribution < 1.29 is 0 Å². The predicted octanol–water partition coefficient (Wildman–Crippen LogP) is 2.24. The van der Waals surface area contributed by atoms with Gasteiger partial charge in [0, 0.05) is 44.3 Å². The molecule has 0 atom stereocenters. The smallest absolute Gasteiger partial charge is 0.158 e. The normalized spacial score (nSPS) is 11.6. The molecule has 0 aliphatic carbocycles. The van der Waals surface area contributed by atoms with Gasteiger partial charge in [0.1, 0.15) is 11.3 Å². The molecule has 21 heavy (non-hydrogen) atoms. The van der Waals surface area contributed by atoms with E-state index in [-0.39, 0.29) is 0 Å². The molecule has 112 valence electrons. The number of hydrogen-bond acceptors (Lipinski definition) is 3. The van der Waals surface area contributed by atoms with Crippen LogP contribution in [0, 0.1) is 6.92 Å². The van der Waals surface area contributed by atoms with Crippen molar-refractivity contribution >= 4 is 22.8 Å². The van der Waals surface area contributed by atoms with Gasteiger partial charge in [0.2, 0.25) is 0 Å². The Morgan fingerprint density at radius 3 is 2.81 bits per heavy atom. The number of nitrogens with zero attached hydrogens (tertiary/aromatic N) is 6. The standard InChI is InChI=1S/C14H19ClN6/c1-3-21-14-13(11(2)18-21)17-12(4-5-15)20(14)9-8-19-7-6-16-10-19/h6-7,10H,3-5,8-9H2,1-2H3. The van der Waals surface area contributed by atoms with Crippen molar-refractivity contribution in [3.05, 3.63) is 30.2 Å². The molecule has 3 rings (SSSR count). The van der Waals surface area contributed by atoms with Crippen molar-refractivity contribution in [3.63, 3.8) is 0 Å². The van der Waals surface area contributed by atoms with Crippen LogP contribution in [0.3, 0.4) is 0 Å². The van der Waals surface area contributed by atoms with E-state index in [0.29, 0.717) is 5.88 Å². The summed E-state index contributed by atoms with van der Waals surface area (Å²) in [6.07, 6.45) is 6.36. The van der Waals surface area contributed by atoms with Gasteiger partial charge in [0.15, 0.2) is 5.65 Å². The molecule has 0 saturated heterocycles. The summed E-state index contributed by atoms with van der Waals surface area (Å²) in [4.78, 5) is 8.82. The number of imidazole rings is 2. The molecule has 7 heteroatoms. The summed E-state index contributed by atoms with van der Waals surface area (Å²) in [6, 6.07) is 0. The maximum Gasteiger partial charge on any atom is 0.158 e. The van der Waals surface area contributed by atoms with E-state index >= 15 is 0 Å². The summed E-state index contributed by atoms with van der Waals surface area (Å²) in [6.45, 7) is 6.63. The fourth-order valence-corrected chi connectivity index (χ4v) is 2.80. The van der Waals surface area contributed by atoms with E-state index in [2.05, 4.69) is 26.1 Å². The lowest BCUT2D eigenvalue weighted by atomic mass is 10.4. The first-order valence-corrected chi connectivity index (χ1v) is 7.72. The average molecular weight is 307 g/mol.